The highest BCUT2D eigenvalue weighted by molar-refractivity contribution is 5.80. The summed E-state index contributed by atoms with van der Waals surface area (Å²) in [6.07, 6.45) is 3.40. The van der Waals surface area contributed by atoms with Crippen LogP contribution in [0.1, 0.15) is 18.5 Å². The molecule has 8 heteroatoms. The van der Waals surface area contributed by atoms with Gasteiger partial charge in [-0.2, -0.15) is 4.98 Å². The van der Waals surface area contributed by atoms with Gasteiger partial charge in [-0.05, 0) is 36.2 Å². The number of hydrogen-bond acceptors (Lipinski definition) is 5. The Morgan fingerprint density at radius 3 is 2.78 bits per heavy atom. The third kappa shape index (κ3) is 3.42. The molecule has 2 heterocycles. The molecule has 0 aliphatic heterocycles. The Hall–Kier alpha value is -3.90. The minimum absolute atomic E-state index is 0.0763. The number of benzene rings is 2. The fourth-order valence-corrected chi connectivity index (χ4v) is 2.87. The molecule has 2 aromatic carbocycles. The zero-order chi connectivity index (χ0) is 18.6. The third-order valence-electron chi connectivity index (χ3n) is 4.22. The number of imidazole rings is 1. The van der Waals surface area contributed by atoms with Gasteiger partial charge in [-0.25, -0.2) is 9.97 Å². The van der Waals surface area contributed by atoms with E-state index in [0.717, 1.165) is 16.6 Å². The Morgan fingerprint density at radius 1 is 1.11 bits per heavy atom. The van der Waals surface area contributed by atoms with E-state index in [1.54, 1.807) is 24.7 Å². The van der Waals surface area contributed by atoms with Crippen LogP contribution in [0, 0.1) is 0 Å². The average molecular weight is 356 g/mol. The van der Waals surface area contributed by atoms with Crippen molar-refractivity contribution >= 4 is 22.7 Å². The third-order valence-corrected chi connectivity index (χ3v) is 4.22. The van der Waals surface area contributed by atoms with Gasteiger partial charge in [-0.15, -0.1) is 0 Å². The van der Waals surface area contributed by atoms with Crippen molar-refractivity contribution in [2.45, 2.75) is 13.0 Å². The molecule has 4 rings (SSSR count). The Balaban J connectivity index is 1.64. The summed E-state index contributed by atoms with van der Waals surface area (Å²) in [6.45, 7) is 2.06. The molecule has 1 atom stereocenters. The first-order chi connectivity index (χ1) is 13.2. The molecule has 8 nitrogen and oxygen atoms in total. The average Bonchev–Trinajstić information content (AvgIpc) is 3.12. The lowest BCUT2D eigenvalue weighted by molar-refractivity contribution is 0.854. The van der Waals surface area contributed by atoms with Gasteiger partial charge in [-0.3, -0.25) is 4.57 Å². The second-order valence-electron chi connectivity index (χ2n) is 5.99. The Kier molecular flexibility index (Phi) is 4.38. The summed E-state index contributed by atoms with van der Waals surface area (Å²) in [6, 6.07) is 17.4. The van der Waals surface area contributed by atoms with Crippen LogP contribution in [0.4, 0.5) is 11.6 Å². The first-order valence-electron chi connectivity index (χ1n) is 8.42. The highest BCUT2D eigenvalue weighted by atomic mass is 15.2. The highest BCUT2D eigenvalue weighted by Crippen LogP contribution is 2.23. The summed E-state index contributed by atoms with van der Waals surface area (Å²) >= 11 is 0. The molecule has 0 aliphatic rings. The molecule has 0 spiro atoms. The van der Waals surface area contributed by atoms with Gasteiger partial charge in [0.05, 0.1) is 17.1 Å². The molecular weight excluding hydrogens is 340 g/mol. The predicted molar refractivity (Wildman–Crippen MR) is 104 cm³/mol. The summed E-state index contributed by atoms with van der Waals surface area (Å²) in [5.41, 5.74) is 11.8. The van der Waals surface area contributed by atoms with Crippen LogP contribution in [0.25, 0.3) is 27.3 Å². The van der Waals surface area contributed by atoms with E-state index in [2.05, 4.69) is 49.4 Å². The zero-order valence-electron chi connectivity index (χ0n) is 14.6. The van der Waals surface area contributed by atoms with Gasteiger partial charge in [-0.1, -0.05) is 41.5 Å². The normalized spacial score (nSPS) is 11.7. The molecule has 0 radical (unpaired) electrons. The summed E-state index contributed by atoms with van der Waals surface area (Å²) in [4.78, 5) is 16.1. The lowest BCUT2D eigenvalue weighted by atomic mass is 10.1. The molecular formula is C19H16N8. The van der Waals surface area contributed by atoms with Gasteiger partial charge in [0.15, 0.2) is 0 Å². The molecule has 132 valence electrons. The number of aromatic nitrogens is 4. The van der Waals surface area contributed by atoms with Gasteiger partial charge in [0, 0.05) is 16.8 Å². The second kappa shape index (κ2) is 7.15. The zero-order valence-corrected chi connectivity index (χ0v) is 14.6. The van der Waals surface area contributed by atoms with E-state index in [-0.39, 0.29) is 6.04 Å². The van der Waals surface area contributed by atoms with Crippen molar-refractivity contribution in [3.63, 3.8) is 0 Å². The topological polar surface area (TPSA) is 104 Å². The number of azide groups is 1. The van der Waals surface area contributed by atoms with Gasteiger partial charge in [0.1, 0.15) is 12.1 Å². The van der Waals surface area contributed by atoms with Gasteiger partial charge in [0.2, 0.25) is 5.95 Å². The van der Waals surface area contributed by atoms with Crippen molar-refractivity contribution < 1.29 is 0 Å². The SMILES string of the molecule is C[C@H](Nc1nccc(-n2cnc3cc(N=[N+]=[N-])ccc32)n1)c1ccccc1. The summed E-state index contributed by atoms with van der Waals surface area (Å²) < 4.78 is 1.87. The van der Waals surface area contributed by atoms with E-state index >= 15 is 0 Å². The van der Waals surface area contributed by atoms with Crippen molar-refractivity contribution in [1.29, 1.82) is 0 Å². The monoisotopic (exact) mass is 356 g/mol. The fraction of sp³-hybridized carbons (Fsp3) is 0.105. The highest BCUT2D eigenvalue weighted by Gasteiger charge is 2.10. The standard InChI is InChI=1S/C19H16N8/c1-13(14-5-3-2-4-6-14)23-19-21-10-9-18(24-19)27-12-22-16-11-15(25-26-20)7-8-17(16)27/h2-13H,1H3,(H,21,23,24)/t13-/m0/s1. The van der Waals surface area contributed by atoms with Crippen LogP contribution >= 0.6 is 0 Å². The number of fused-ring (bicyclic) bond motifs is 1. The van der Waals surface area contributed by atoms with Crippen LogP contribution in [-0.2, 0) is 0 Å². The molecule has 0 saturated heterocycles. The van der Waals surface area contributed by atoms with Gasteiger partial charge < -0.3 is 5.32 Å². The molecule has 2 aromatic heterocycles. The minimum Gasteiger partial charge on any atom is -0.348 e. The maximum atomic E-state index is 8.57. The molecule has 0 aliphatic carbocycles. The number of anilines is 1. The number of nitrogens with one attached hydrogen (secondary N) is 1. The van der Waals surface area contributed by atoms with Crippen molar-refractivity contribution in [1.82, 2.24) is 19.5 Å². The smallest absolute Gasteiger partial charge is 0.225 e. The summed E-state index contributed by atoms with van der Waals surface area (Å²) in [5.74, 6) is 1.24. The molecule has 4 aromatic rings. The summed E-state index contributed by atoms with van der Waals surface area (Å²) in [7, 11) is 0. The Morgan fingerprint density at radius 2 is 1.96 bits per heavy atom. The van der Waals surface area contributed by atoms with Crippen molar-refractivity contribution in [3.8, 4) is 5.82 Å². The lowest BCUT2D eigenvalue weighted by Crippen LogP contribution is -2.10. The molecule has 1 N–H and O–H groups in total. The van der Waals surface area contributed by atoms with E-state index < -0.39 is 0 Å². The van der Waals surface area contributed by atoms with Gasteiger partial charge >= 0.3 is 0 Å². The first-order valence-corrected chi connectivity index (χ1v) is 8.42. The van der Waals surface area contributed by atoms with Crippen LogP contribution in [0.5, 0.6) is 0 Å². The number of nitrogens with zero attached hydrogens (tertiary/aromatic N) is 7. The van der Waals surface area contributed by atoms with E-state index in [9.17, 15) is 0 Å². The molecule has 0 amide bonds. The second-order valence-corrected chi connectivity index (χ2v) is 5.99. The minimum atomic E-state index is 0.0763. The predicted octanol–water partition coefficient (Wildman–Crippen LogP) is 4.93. The van der Waals surface area contributed by atoms with Crippen molar-refractivity contribution in [2.75, 3.05) is 5.32 Å². The first kappa shape index (κ1) is 16.6. The van der Waals surface area contributed by atoms with E-state index in [0.29, 0.717) is 17.5 Å². The quantitative estimate of drug-likeness (QED) is 0.311. The number of rotatable bonds is 5. The molecule has 0 saturated carbocycles. The van der Waals surface area contributed by atoms with Gasteiger partial charge in [0.25, 0.3) is 0 Å². The maximum absolute atomic E-state index is 8.57. The van der Waals surface area contributed by atoms with Crippen molar-refractivity contribution in [3.05, 3.63) is 83.1 Å². The summed E-state index contributed by atoms with van der Waals surface area (Å²) in [5, 5.41) is 6.93. The molecule has 27 heavy (non-hydrogen) atoms. The number of hydrogen-bond donors (Lipinski definition) is 1. The Bertz CT molecular complexity index is 1130. The van der Waals surface area contributed by atoms with E-state index in [1.807, 2.05) is 34.9 Å². The molecule has 0 unspecified atom stereocenters. The molecule has 0 fully saturated rings. The van der Waals surface area contributed by atoms with Crippen molar-refractivity contribution in [2.24, 2.45) is 5.11 Å². The van der Waals surface area contributed by atoms with E-state index in [4.69, 9.17) is 5.53 Å². The lowest BCUT2D eigenvalue weighted by Gasteiger charge is -2.14. The van der Waals surface area contributed by atoms with Crippen LogP contribution in [0.15, 0.2) is 72.2 Å². The Labute approximate surface area is 155 Å². The maximum Gasteiger partial charge on any atom is 0.225 e. The van der Waals surface area contributed by atoms with Crippen LogP contribution in [0.2, 0.25) is 0 Å². The van der Waals surface area contributed by atoms with Crippen LogP contribution < -0.4 is 5.32 Å². The largest absolute Gasteiger partial charge is 0.348 e. The fourth-order valence-electron chi connectivity index (χ4n) is 2.87. The van der Waals surface area contributed by atoms with E-state index in [1.165, 1.54) is 0 Å². The van der Waals surface area contributed by atoms with Crippen LogP contribution in [-0.4, -0.2) is 19.5 Å². The molecule has 0 bridgehead atoms. The van der Waals surface area contributed by atoms with Crippen LogP contribution in [0.3, 0.4) is 0 Å².